The Kier molecular flexibility index (Phi) is 5.75. The van der Waals surface area contributed by atoms with Gasteiger partial charge in [-0.05, 0) is 47.4 Å². The minimum atomic E-state index is -0.768. The van der Waals surface area contributed by atoms with Gasteiger partial charge < -0.3 is 10.3 Å². The maximum Gasteiger partial charge on any atom is 0.332 e. The first-order chi connectivity index (χ1) is 18.3. The number of para-hydroxylation sites is 2. The van der Waals surface area contributed by atoms with Gasteiger partial charge in [0.1, 0.15) is 17.9 Å². The van der Waals surface area contributed by atoms with Gasteiger partial charge in [0.25, 0.3) is 11.8 Å². The van der Waals surface area contributed by atoms with E-state index in [0.717, 1.165) is 27.1 Å². The largest absolute Gasteiger partial charge is 0.356 e. The monoisotopic (exact) mass is 510 g/mol. The van der Waals surface area contributed by atoms with Crippen LogP contribution >= 0.6 is 0 Å². The topological polar surface area (TPSA) is 85.5 Å². The van der Waals surface area contributed by atoms with Crippen molar-refractivity contribution >= 4 is 34.4 Å². The van der Waals surface area contributed by atoms with Gasteiger partial charge in [0.2, 0.25) is 0 Å². The van der Waals surface area contributed by atoms with Crippen molar-refractivity contribution in [1.82, 2.24) is 15.2 Å². The summed E-state index contributed by atoms with van der Waals surface area (Å²) in [5.74, 6) is -0.867. The molecule has 2 unspecified atom stereocenters. The van der Waals surface area contributed by atoms with Crippen LogP contribution in [-0.4, -0.2) is 40.3 Å². The molecule has 0 spiro atoms. The number of nitrogens with zero attached hydrogens (tertiary/aromatic N) is 2. The Hall–Kier alpha value is -4.46. The predicted molar refractivity (Wildman–Crippen MR) is 142 cm³/mol. The number of benzene rings is 3. The zero-order chi connectivity index (χ0) is 26.6. The summed E-state index contributed by atoms with van der Waals surface area (Å²) in [6.45, 7) is 4.45. The van der Waals surface area contributed by atoms with Gasteiger partial charge in [-0.2, -0.15) is 0 Å². The average Bonchev–Trinajstić information content (AvgIpc) is 3.41. The molecule has 2 aliphatic rings. The number of aromatic nitrogens is 1. The third-order valence-electron chi connectivity index (χ3n) is 7.30. The first-order valence-corrected chi connectivity index (χ1v) is 12.7. The molecule has 3 aromatic carbocycles. The lowest BCUT2D eigenvalue weighted by Crippen LogP contribution is -2.44. The van der Waals surface area contributed by atoms with Crippen LogP contribution < -0.4 is 10.2 Å². The number of rotatable bonds is 5. The highest BCUT2D eigenvalue weighted by molar-refractivity contribution is 6.24. The number of aromatic amines is 1. The van der Waals surface area contributed by atoms with Crippen LogP contribution in [0.25, 0.3) is 10.9 Å². The SMILES string of the molecule is CC(C)CNC(=O)c1ccccc1N1C(=O)C2Cc3c([nH]c4ccccc34)C(c3ccc(F)cc3)N2C1=O. The van der Waals surface area contributed by atoms with Crippen molar-refractivity contribution in [3.05, 3.63) is 101 Å². The van der Waals surface area contributed by atoms with Gasteiger partial charge in [0.05, 0.1) is 11.3 Å². The smallest absolute Gasteiger partial charge is 0.332 e. The number of hydrogen-bond acceptors (Lipinski definition) is 3. The van der Waals surface area contributed by atoms with Crippen molar-refractivity contribution in [2.75, 3.05) is 11.4 Å². The summed E-state index contributed by atoms with van der Waals surface area (Å²) < 4.78 is 13.9. The van der Waals surface area contributed by atoms with E-state index in [-0.39, 0.29) is 34.8 Å². The van der Waals surface area contributed by atoms with Crippen LogP contribution in [0.1, 0.15) is 47.1 Å². The summed E-state index contributed by atoms with van der Waals surface area (Å²) >= 11 is 0. The van der Waals surface area contributed by atoms with E-state index >= 15 is 0 Å². The zero-order valence-corrected chi connectivity index (χ0v) is 21.1. The maximum atomic E-state index is 14.1. The third-order valence-corrected chi connectivity index (χ3v) is 7.30. The Morgan fingerprint density at radius 3 is 2.50 bits per heavy atom. The summed E-state index contributed by atoms with van der Waals surface area (Å²) in [5, 5.41) is 3.87. The van der Waals surface area contributed by atoms with Crippen LogP contribution in [0.3, 0.4) is 0 Å². The Balaban J connectivity index is 1.47. The molecule has 7 nitrogen and oxygen atoms in total. The van der Waals surface area contributed by atoms with Crippen molar-refractivity contribution < 1.29 is 18.8 Å². The molecular formula is C30H27FN4O3. The van der Waals surface area contributed by atoms with E-state index in [9.17, 15) is 18.8 Å². The molecule has 4 amide bonds. The van der Waals surface area contributed by atoms with Gasteiger partial charge in [0.15, 0.2) is 0 Å². The van der Waals surface area contributed by atoms with Gasteiger partial charge in [-0.25, -0.2) is 14.1 Å². The zero-order valence-electron chi connectivity index (χ0n) is 21.1. The number of H-pyrrole nitrogens is 1. The van der Waals surface area contributed by atoms with Crippen molar-refractivity contribution in [3.8, 4) is 0 Å². The lowest BCUT2D eigenvalue weighted by molar-refractivity contribution is -0.120. The normalized spacial score (nSPS) is 18.7. The van der Waals surface area contributed by atoms with Gasteiger partial charge in [0, 0.05) is 29.6 Å². The van der Waals surface area contributed by atoms with Crippen LogP contribution in [0.4, 0.5) is 14.9 Å². The number of urea groups is 1. The van der Waals surface area contributed by atoms with Gasteiger partial charge in [-0.1, -0.05) is 56.3 Å². The maximum absolute atomic E-state index is 14.1. The molecule has 3 heterocycles. The molecule has 6 rings (SSSR count). The van der Waals surface area contributed by atoms with Gasteiger partial charge in [-0.15, -0.1) is 0 Å². The molecule has 1 saturated heterocycles. The fourth-order valence-corrected chi connectivity index (χ4v) is 5.54. The van der Waals surface area contributed by atoms with Crippen LogP contribution in [0.2, 0.25) is 0 Å². The van der Waals surface area contributed by atoms with E-state index in [1.807, 2.05) is 38.1 Å². The molecule has 2 atom stereocenters. The summed E-state index contributed by atoms with van der Waals surface area (Å²) in [6, 6.07) is 18.6. The molecule has 0 aliphatic carbocycles. The minimum absolute atomic E-state index is 0.246. The molecule has 2 aliphatic heterocycles. The summed E-state index contributed by atoms with van der Waals surface area (Å²) in [7, 11) is 0. The standard InChI is InChI=1S/C30H27FN4O3/c1-17(2)16-32-28(36)21-8-4-6-10-24(21)35-29(37)25-15-22-20-7-3-5-9-23(20)33-26(22)27(34(25)30(35)38)18-11-13-19(31)14-12-18/h3-14,17,25,27,33H,15-16H2,1-2H3,(H,32,36). The van der Waals surface area contributed by atoms with Crippen molar-refractivity contribution in [1.29, 1.82) is 0 Å². The molecule has 1 aromatic heterocycles. The van der Waals surface area contributed by atoms with Gasteiger partial charge in [-0.3, -0.25) is 14.5 Å². The molecule has 0 radical (unpaired) electrons. The Labute approximate surface area is 219 Å². The van der Waals surface area contributed by atoms with Crippen LogP contribution in [-0.2, 0) is 11.2 Å². The van der Waals surface area contributed by atoms with Crippen LogP contribution in [0.15, 0.2) is 72.8 Å². The quantitative estimate of drug-likeness (QED) is 0.363. The number of hydrogen-bond donors (Lipinski definition) is 2. The third kappa shape index (κ3) is 3.75. The number of nitrogens with one attached hydrogen (secondary N) is 2. The highest BCUT2D eigenvalue weighted by Crippen LogP contribution is 2.45. The van der Waals surface area contributed by atoms with E-state index in [2.05, 4.69) is 10.3 Å². The number of carbonyl (C=O) groups excluding carboxylic acids is 3. The van der Waals surface area contributed by atoms with E-state index in [4.69, 9.17) is 0 Å². The Morgan fingerprint density at radius 1 is 1.03 bits per heavy atom. The van der Waals surface area contributed by atoms with E-state index in [1.165, 1.54) is 12.1 Å². The Bertz CT molecular complexity index is 1580. The van der Waals surface area contributed by atoms with Crippen molar-refractivity contribution in [2.24, 2.45) is 5.92 Å². The predicted octanol–water partition coefficient (Wildman–Crippen LogP) is 5.18. The minimum Gasteiger partial charge on any atom is -0.356 e. The number of amides is 4. The molecule has 38 heavy (non-hydrogen) atoms. The fourth-order valence-electron chi connectivity index (χ4n) is 5.54. The van der Waals surface area contributed by atoms with Crippen LogP contribution in [0.5, 0.6) is 0 Å². The molecule has 0 bridgehead atoms. The summed E-state index contributed by atoms with van der Waals surface area (Å²) in [5.41, 5.74) is 3.88. The highest BCUT2D eigenvalue weighted by Gasteiger charge is 2.53. The number of carbonyl (C=O) groups is 3. The summed E-state index contributed by atoms with van der Waals surface area (Å²) in [6.07, 6.45) is 0.333. The van der Waals surface area contributed by atoms with Crippen LogP contribution in [0, 0.1) is 11.7 Å². The number of fused-ring (bicyclic) bond motifs is 4. The molecule has 192 valence electrons. The lowest BCUT2D eigenvalue weighted by Gasteiger charge is -2.36. The van der Waals surface area contributed by atoms with E-state index < -0.39 is 18.1 Å². The number of halogens is 1. The molecule has 0 saturated carbocycles. The first-order valence-electron chi connectivity index (χ1n) is 12.7. The van der Waals surface area contributed by atoms with Crippen molar-refractivity contribution in [2.45, 2.75) is 32.4 Å². The lowest BCUT2D eigenvalue weighted by atomic mass is 9.89. The molecule has 1 fully saturated rings. The number of imide groups is 1. The molecule has 8 heteroatoms. The second-order valence-corrected chi connectivity index (χ2v) is 10.2. The van der Waals surface area contributed by atoms with Crippen molar-refractivity contribution in [3.63, 3.8) is 0 Å². The molecule has 4 aromatic rings. The fraction of sp³-hybridized carbons (Fsp3) is 0.233. The second kappa shape index (κ2) is 9.13. The molecular weight excluding hydrogens is 483 g/mol. The average molecular weight is 511 g/mol. The van der Waals surface area contributed by atoms with E-state index in [0.29, 0.717) is 18.5 Å². The van der Waals surface area contributed by atoms with Gasteiger partial charge >= 0.3 is 6.03 Å². The molecule has 2 N–H and O–H groups in total. The summed E-state index contributed by atoms with van der Waals surface area (Å²) in [4.78, 5) is 47.2. The van der Waals surface area contributed by atoms with E-state index in [1.54, 1.807) is 41.3 Å². The first kappa shape index (κ1) is 23.9. The highest BCUT2D eigenvalue weighted by atomic mass is 19.1. The Morgan fingerprint density at radius 2 is 1.74 bits per heavy atom. The second-order valence-electron chi connectivity index (χ2n) is 10.2. The number of anilines is 1.